The number of rotatable bonds is 9. The molecule has 2 aromatic rings. The Hall–Kier alpha value is -2.53. The van der Waals surface area contributed by atoms with Gasteiger partial charge in [-0.25, -0.2) is 0 Å². The predicted octanol–water partition coefficient (Wildman–Crippen LogP) is 5.14. The summed E-state index contributed by atoms with van der Waals surface area (Å²) >= 11 is 5.88. The van der Waals surface area contributed by atoms with E-state index in [9.17, 15) is 9.59 Å². The molecule has 2 amide bonds. The van der Waals surface area contributed by atoms with Crippen molar-refractivity contribution in [3.05, 3.63) is 64.7 Å². The largest absolute Gasteiger partial charge is 0.494 e. The summed E-state index contributed by atoms with van der Waals surface area (Å²) in [6.45, 7) is 10.4. The maximum absolute atomic E-state index is 13.1. The topological polar surface area (TPSA) is 58.6 Å². The van der Waals surface area contributed by atoms with E-state index in [1.54, 1.807) is 36.1 Å². The quantitative estimate of drug-likeness (QED) is 0.545. The molecule has 0 fully saturated rings. The van der Waals surface area contributed by atoms with Crippen molar-refractivity contribution in [2.75, 3.05) is 6.61 Å². The van der Waals surface area contributed by atoms with Gasteiger partial charge in [0, 0.05) is 23.5 Å². The lowest BCUT2D eigenvalue weighted by Gasteiger charge is -2.31. The van der Waals surface area contributed by atoms with Crippen LogP contribution in [-0.4, -0.2) is 34.9 Å². The minimum absolute atomic E-state index is 0.0715. The number of hydrogen-bond acceptors (Lipinski definition) is 3. The van der Waals surface area contributed by atoms with Crippen LogP contribution in [0, 0.1) is 6.92 Å². The summed E-state index contributed by atoms with van der Waals surface area (Å²) < 4.78 is 5.69. The van der Waals surface area contributed by atoms with E-state index in [0.29, 0.717) is 36.8 Å². The molecule has 0 heterocycles. The Morgan fingerprint density at radius 1 is 1.13 bits per heavy atom. The van der Waals surface area contributed by atoms with Gasteiger partial charge in [-0.15, -0.1) is 0 Å². The molecule has 2 aromatic carbocycles. The second kappa shape index (κ2) is 11.2. The molecule has 0 radical (unpaired) electrons. The molecule has 0 unspecified atom stereocenters. The number of hydrogen-bond donors (Lipinski definition) is 1. The highest BCUT2D eigenvalue weighted by Crippen LogP contribution is 2.17. The number of halogens is 1. The number of aryl methyl sites for hydroxylation is 1. The molecule has 0 aromatic heterocycles. The summed E-state index contributed by atoms with van der Waals surface area (Å²) in [7, 11) is 0. The fourth-order valence-electron chi connectivity index (χ4n) is 3.15. The summed E-state index contributed by atoms with van der Waals surface area (Å²) in [5.41, 5.74) is 1.75. The van der Waals surface area contributed by atoms with Gasteiger partial charge in [0.15, 0.2) is 0 Å². The first-order chi connectivity index (χ1) is 14.5. The first-order valence-corrected chi connectivity index (χ1v) is 11.0. The van der Waals surface area contributed by atoms with Crippen molar-refractivity contribution in [2.45, 2.75) is 65.6 Å². The van der Waals surface area contributed by atoms with E-state index in [1.807, 2.05) is 52.0 Å². The minimum Gasteiger partial charge on any atom is -0.494 e. The van der Waals surface area contributed by atoms with Crippen LogP contribution in [0.5, 0.6) is 5.75 Å². The monoisotopic (exact) mass is 444 g/mol. The second-order valence-electron chi connectivity index (χ2n) is 8.83. The molecule has 0 aliphatic rings. The number of ether oxygens (including phenoxy) is 1. The van der Waals surface area contributed by atoms with Gasteiger partial charge in [-0.05, 0) is 70.9 Å². The van der Waals surface area contributed by atoms with Crippen molar-refractivity contribution in [3.8, 4) is 5.75 Å². The highest BCUT2D eigenvalue weighted by Gasteiger charge is 2.28. The zero-order chi connectivity index (χ0) is 23.0. The minimum atomic E-state index is -0.579. The summed E-state index contributed by atoms with van der Waals surface area (Å²) in [6.07, 6.45) is 0.853. The smallest absolute Gasteiger partial charge is 0.242 e. The van der Waals surface area contributed by atoms with Crippen molar-refractivity contribution in [2.24, 2.45) is 0 Å². The Kier molecular flexibility index (Phi) is 8.93. The highest BCUT2D eigenvalue weighted by molar-refractivity contribution is 6.30. The third-order valence-corrected chi connectivity index (χ3v) is 4.97. The normalized spacial score (nSPS) is 12.2. The van der Waals surface area contributed by atoms with Gasteiger partial charge in [0.05, 0.1) is 6.61 Å². The lowest BCUT2D eigenvalue weighted by Crippen LogP contribution is -2.52. The van der Waals surface area contributed by atoms with Crippen LogP contribution in [-0.2, 0) is 16.1 Å². The van der Waals surface area contributed by atoms with Crippen LogP contribution in [0.15, 0.2) is 48.5 Å². The Morgan fingerprint density at radius 2 is 1.81 bits per heavy atom. The number of amides is 2. The molecule has 168 valence electrons. The molecular weight excluding hydrogens is 412 g/mol. The van der Waals surface area contributed by atoms with Crippen LogP contribution >= 0.6 is 11.6 Å². The van der Waals surface area contributed by atoms with Gasteiger partial charge in [-0.3, -0.25) is 9.59 Å². The zero-order valence-corrected chi connectivity index (χ0v) is 19.8. The van der Waals surface area contributed by atoms with E-state index >= 15 is 0 Å². The Labute approximate surface area is 190 Å². The molecule has 0 saturated carbocycles. The maximum Gasteiger partial charge on any atom is 0.242 e. The summed E-state index contributed by atoms with van der Waals surface area (Å²) in [4.78, 5) is 27.5. The number of carbonyl (C=O) groups is 2. The fourth-order valence-corrected chi connectivity index (χ4v) is 3.28. The van der Waals surface area contributed by atoms with Crippen molar-refractivity contribution in [1.82, 2.24) is 10.2 Å². The van der Waals surface area contributed by atoms with Gasteiger partial charge in [0.25, 0.3) is 0 Å². The second-order valence-corrected chi connectivity index (χ2v) is 9.27. The van der Waals surface area contributed by atoms with Crippen molar-refractivity contribution >= 4 is 23.4 Å². The molecule has 5 nitrogen and oxygen atoms in total. The summed E-state index contributed by atoms with van der Waals surface area (Å²) in [5.74, 6) is 0.482. The lowest BCUT2D eigenvalue weighted by atomic mass is 10.1. The Morgan fingerprint density at radius 3 is 2.42 bits per heavy atom. The van der Waals surface area contributed by atoms with E-state index in [1.165, 1.54) is 0 Å². The van der Waals surface area contributed by atoms with Crippen LogP contribution in [0.2, 0.25) is 5.02 Å². The number of nitrogens with one attached hydrogen (secondary N) is 1. The molecular formula is C25H33ClN2O3. The van der Waals surface area contributed by atoms with Crippen molar-refractivity contribution in [1.29, 1.82) is 0 Å². The molecule has 0 aliphatic heterocycles. The first kappa shape index (κ1) is 24.7. The van der Waals surface area contributed by atoms with E-state index < -0.39 is 6.04 Å². The third-order valence-electron chi connectivity index (χ3n) is 4.72. The Bertz CT molecular complexity index is 875. The van der Waals surface area contributed by atoms with Gasteiger partial charge >= 0.3 is 0 Å². The number of nitrogens with zero attached hydrogens (tertiary/aromatic N) is 1. The van der Waals surface area contributed by atoms with Crippen LogP contribution in [0.3, 0.4) is 0 Å². The van der Waals surface area contributed by atoms with Crippen LogP contribution < -0.4 is 10.1 Å². The average Bonchev–Trinajstić information content (AvgIpc) is 2.69. The summed E-state index contributed by atoms with van der Waals surface area (Å²) in [5, 5.41) is 3.63. The number of benzene rings is 2. The van der Waals surface area contributed by atoms with Crippen molar-refractivity contribution in [3.63, 3.8) is 0 Å². The average molecular weight is 445 g/mol. The van der Waals surface area contributed by atoms with Gasteiger partial charge in [-0.1, -0.05) is 41.4 Å². The van der Waals surface area contributed by atoms with E-state index in [2.05, 4.69) is 5.32 Å². The third kappa shape index (κ3) is 8.62. The van der Waals surface area contributed by atoms with Crippen molar-refractivity contribution < 1.29 is 14.3 Å². The molecule has 6 heteroatoms. The molecule has 31 heavy (non-hydrogen) atoms. The van der Waals surface area contributed by atoms with E-state index in [4.69, 9.17) is 16.3 Å². The highest BCUT2D eigenvalue weighted by atomic mass is 35.5. The maximum atomic E-state index is 13.1. The van der Waals surface area contributed by atoms with Gasteiger partial charge in [-0.2, -0.15) is 0 Å². The predicted molar refractivity (Wildman–Crippen MR) is 125 cm³/mol. The van der Waals surface area contributed by atoms with Crippen LogP contribution in [0.25, 0.3) is 0 Å². The molecule has 1 N–H and O–H groups in total. The SMILES string of the molecule is Cc1cccc(CN(C(=O)CCCOc2ccc(Cl)cc2)[C@@H](C)C(=O)NC(C)(C)C)c1. The molecule has 0 spiro atoms. The first-order valence-electron chi connectivity index (χ1n) is 10.6. The molecule has 0 aliphatic carbocycles. The standard InChI is InChI=1S/C25H33ClN2O3/c1-18-8-6-9-20(16-18)17-28(19(2)24(30)27-25(3,4)5)23(29)10-7-15-31-22-13-11-21(26)12-14-22/h6,8-9,11-14,16,19H,7,10,15,17H2,1-5H3,(H,27,30)/t19-/m0/s1. The fraction of sp³-hybridized carbons (Fsp3) is 0.440. The van der Waals surface area contributed by atoms with Gasteiger partial charge in [0.2, 0.25) is 11.8 Å². The zero-order valence-electron chi connectivity index (χ0n) is 19.1. The van der Waals surface area contributed by atoms with E-state index in [-0.39, 0.29) is 17.4 Å². The lowest BCUT2D eigenvalue weighted by molar-refractivity contribution is -0.141. The molecule has 2 rings (SSSR count). The molecule has 0 bridgehead atoms. The number of carbonyl (C=O) groups excluding carboxylic acids is 2. The molecule has 0 saturated heterocycles. The van der Waals surface area contributed by atoms with E-state index in [0.717, 1.165) is 11.1 Å². The summed E-state index contributed by atoms with van der Waals surface area (Å²) in [6, 6.07) is 14.5. The van der Waals surface area contributed by atoms with Crippen LogP contribution in [0.1, 0.15) is 51.7 Å². The van der Waals surface area contributed by atoms with Gasteiger partial charge in [0.1, 0.15) is 11.8 Å². The van der Waals surface area contributed by atoms with Crippen LogP contribution in [0.4, 0.5) is 0 Å². The van der Waals surface area contributed by atoms with Gasteiger partial charge < -0.3 is 15.0 Å². The Balaban J connectivity index is 2.02. The molecule has 1 atom stereocenters.